The number of imidazole rings is 1. The van der Waals surface area contributed by atoms with Gasteiger partial charge in [0.2, 0.25) is 0 Å². The van der Waals surface area contributed by atoms with Gasteiger partial charge in [0.25, 0.3) is 5.91 Å². The molecule has 0 saturated carbocycles. The predicted octanol–water partition coefficient (Wildman–Crippen LogP) is 3.89. The maximum atomic E-state index is 12.6. The van der Waals surface area contributed by atoms with Gasteiger partial charge in [-0.1, -0.05) is 12.1 Å². The van der Waals surface area contributed by atoms with E-state index in [1.165, 1.54) is 0 Å². The zero-order chi connectivity index (χ0) is 18.1. The van der Waals surface area contributed by atoms with Crippen LogP contribution in [-0.4, -0.2) is 25.8 Å². The maximum absolute atomic E-state index is 12.6. The molecule has 6 heteroatoms. The third-order valence-electron chi connectivity index (χ3n) is 4.27. The molecule has 0 fully saturated rings. The number of aromatic amines is 1. The lowest BCUT2D eigenvalue weighted by atomic mass is 10.1. The molecule has 2 aromatic carbocycles. The Labute approximate surface area is 150 Å². The first-order valence-electron chi connectivity index (χ1n) is 8.25. The summed E-state index contributed by atoms with van der Waals surface area (Å²) in [5, 5.41) is 2.93. The van der Waals surface area contributed by atoms with Crippen molar-refractivity contribution < 1.29 is 4.79 Å². The molecule has 26 heavy (non-hydrogen) atoms. The zero-order valence-electron chi connectivity index (χ0n) is 14.4. The number of fused-ring (bicyclic) bond motifs is 1. The lowest BCUT2D eigenvalue weighted by Crippen LogP contribution is -2.12. The number of aromatic nitrogens is 4. The molecule has 4 aromatic rings. The topological polar surface area (TPSA) is 83.6 Å². The second-order valence-electron chi connectivity index (χ2n) is 6.10. The molecule has 0 saturated heterocycles. The molecular formula is C20H17N5O. The Bertz CT molecular complexity index is 1100. The molecule has 0 unspecified atom stereocenters. The number of hydrogen-bond donors (Lipinski definition) is 2. The lowest BCUT2D eigenvalue weighted by molar-refractivity contribution is 0.102. The van der Waals surface area contributed by atoms with Crippen LogP contribution in [0.4, 0.5) is 5.69 Å². The van der Waals surface area contributed by atoms with Crippen LogP contribution in [0.15, 0.2) is 55.0 Å². The van der Waals surface area contributed by atoms with Crippen molar-refractivity contribution in [3.8, 4) is 11.3 Å². The molecule has 0 spiro atoms. The molecule has 128 valence electrons. The summed E-state index contributed by atoms with van der Waals surface area (Å²) >= 11 is 0. The minimum absolute atomic E-state index is 0.186. The van der Waals surface area contributed by atoms with Crippen molar-refractivity contribution in [2.45, 2.75) is 13.8 Å². The Kier molecular flexibility index (Phi) is 3.93. The highest BCUT2D eigenvalue weighted by Crippen LogP contribution is 2.21. The second-order valence-corrected chi connectivity index (χ2v) is 6.10. The number of amides is 1. The summed E-state index contributed by atoms with van der Waals surface area (Å²) in [7, 11) is 0. The summed E-state index contributed by atoms with van der Waals surface area (Å²) in [5.74, 6) is -0.186. The van der Waals surface area contributed by atoms with Crippen molar-refractivity contribution in [3.05, 3.63) is 71.9 Å². The molecular weight excluding hydrogens is 326 g/mol. The van der Waals surface area contributed by atoms with Gasteiger partial charge in [0, 0.05) is 16.8 Å². The van der Waals surface area contributed by atoms with Gasteiger partial charge in [-0.05, 0) is 44.2 Å². The second kappa shape index (κ2) is 6.40. The van der Waals surface area contributed by atoms with Crippen molar-refractivity contribution >= 4 is 22.6 Å². The van der Waals surface area contributed by atoms with Crippen LogP contribution < -0.4 is 5.32 Å². The number of carbonyl (C=O) groups excluding carboxylic acids is 1. The van der Waals surface area contributed by atoms with Crippen LogP contribution in [0.3, 0.4) is 0 Å². The normalized spacial score (nSPS) is 10.8. The molecule has 2 aromatic heterocycles. The quantitative estimate of drug-likeness (QED) is 0.591. The fraction of sp³-hybridized carbons (Fsp3) is 0.100. The highest BCUT2D eigenvalue weighted by molar-refractivity contribution is 6.06. The van der Waals surface area contributed by atoms with E-state index in [4.69, 9.17) is 0 Å². The van der Waals surface area contributed by atoms with Gasteiger partial charge >= 0.3 is 0 Å². The minimum atomic E-state index is -0.186. The Morgan fingerprint density at radius 3 is 2.58 bits per heavy atom. The van der Waals surface area contributed by atoms with E-state index in [2.05, 4.69) is 25.3 Å². The van der Waals surface area contributed by atoms with E-state index in [0.717, 1.165) is 28.2 Å². The van der Waals surface area contributed by atoms with Crippen LogP contribution in [0.2, 0.25) is 0 Å². The van der Waals surface area contributed by atoms with Gasteiger partial charge in [-0.15, -0.1) is 0 Å². The molecule has 0 aliphatic carbocycles. The Morgan fingerprint density at radius 2 is 1.81 bits per heavy atom. The first kappa shape index (κ1) is 16.0. The van der Waals surface area contributed by atoms with E-state index in [-0.39, 0.29) is 5.91 Å². The number of carbonyl (C=O) groups is 1. The molecule has 6 nitrogen and oxygen atoms in total. The number of benzene rings is 2. The summed E-state index contributed by atoms with van der Waals surface area (Å²) in [4.78, 5) is 28.7. The van der Waals surface area contributed by atoms with Crippen molar-refractivity contribution in [3.63, 3.8) is 0 Å². The van der Waals surface area contributed by atoms with E-state index in [0.29, 0.717) is 16.8 Å². The van der Waals surface area contributed by atoms with Crippen LogP contribution in [-0.2, 0) is 0 Å². The Hall–Kier alpha value is -3.54. The van der Waals surface area contributed by atoms with Crippen molar-refractivity contribution in [1.29, 1.82) is 0 Å². The van der Waals surface area contributed by atoms with Gasteiger partial charge < -0.3 is 10.3 Å². The van der Waals surface area contributed by atoms with Crippen molar-refractivity contribution in [2.75, 3.05) is 5.32 Å². The average molecular weight is 343 g/mol. The van der Waals surface area contributed by atoms with Crippen LogP contribution in [0.1, 0.15) is 21.7 Å². The number of nitrogens with one attached hydrogen (secondary N) is 2. The summed E-state index contributed by atoms with van der Waals surface area (Å²) in [6, 6.07) is 13.0. The van der Waals surface area contributed by atoms with E-state index in [1.807, 2.05) is 44.2 Å². The fourth-order valence-electron chi connectivity index (χ4n) is 2.75. The summed E-state index contributed by atoms with van der Waals surface area (Å²) in [6.07, 6.45) is 3.37. The molecule has 0 radical (unpaired) electrons. The van der Waals surface area contributed by atoms with Gasteiger partial charge in [0.15, 0.2) is 0 Å². The number of anilines is 1. The van der Waals surface area contributed by atoms with E-state index in [1.54, 1.807) is 24.7 Å². The monoisotopic (exact) mass is 343 g/mol. The van der Waals surface area contributed by atoms with E-state index < -0.39 is 0 Å². The van der Waals surface area contributed by atoms with E-state index >= 15 is 0 Å². The summed E-state index contributed by atoms with van der Waals surface area (Å²) in [6.45, 7) is 3.84. The van der Waals surface area contributed by atoms with Crippen LogP contribution in [0, 0.1) is 13.8 Å². The van der Waals surface area contributed by atoms with Gasteiger partial charge in [-0.3, -0.25) is 4.79 Å². The smallest absolute Gasteiger partial charge is 0.255 e. The largest absolute Gasteiger partial charge is 0.345 e. The van der Waals surface area contributed by atoms with Gasteiger partial charge in [-0.2, -0.15) is 0 Å². The number of aryl methyl sites for hydroxylation is 2. The summed E-state index contributed by atoms with van der Waals surface area (Å²) in [5.41, 5.74) is 6.37. The highest BCUT2D eigenvalue weighted by Gasteiger charge is 2.10. The number of hydrogen-bond acceptors (Lipinski definition) is 4. The van der Waals surface area contributed by atoms with E-state index in [9.17, 15) is 4.79 Å². The molecule has 4 rings (SSSR count). The maximum Gasteiger partial charge on any atom is 0.255 e. The molecule has 0 atom stereocenters. The lowest BCUT2D eigenvalue weighted by Gasteiger charge is -2.08. The fourth-order valence-corrected chi connectivity index (χ4v) is 2.75. The zero-order valence-corrected chi connectivity index (χ0v) is 14.4. The van der Waals surface area contributed by atoms with Crippen molar-refractivity contribution in [1.82, 2.24) is 19.9 Å². The molecule has 2 heterocycles. The standard InChI is InChI=1S/C20H17N5O/c1-12-13(2)24-18-9-15(6-7-17(18)23-12)20(26)25-16-5-3-4-14(8-16)19-10-21-11-22-19/h3-11H,1-2H3,(H,21,22)(H,25,26). The summed E-state index contributed by atoms with van der Waals surface area (Å²) < 4.78 is 0. The van der Waals surface area contributed by atoms with Crippen LogP contribution >= 0.6 is 0 Å². The predicted molar refractivity (Wildman–Crippen MR) is 101 cm³/mol. The molecule has 0 aliphatic heterocycles. The van der Waals surface area contributed by atoms with Crippen LogP contribution in [0.25, 0.3) is 22.3 Å². The minimum Gasteiger partial charge on any atom is -0.345 e. The van der Waals surface area contributed by atoms with Crippen molar-refractivity contribution in [2.24, 2.45) is 0 Å². The average Bonchev–Trinajstić information content (AvgIpc) is 3.17. The highest BCUT2D eigenvalue weighted by atomic mass is 16.1. The number of H-pyrrole nitrogens is 1. The first-order valence-corrected chi connectivity index (χ1v) is 8.25. The first-order chi connectivity index (χ1) is 12.6. The van der Waals surface area contributed by atoms with Gasteiger partial charge in [0.1, 0.15) is 0 Å². The molecule has 0 bridgehead atoms. The molecule has 1 amide bonds. The number of nitrogens with zero attached hydrogens (tertiary/aromatic N) is 3. The third-order valence-corrected chi connectivity index (χ3v) is 4.27. The SMILES string of the molecule is Cc1nc2ccc(C(=O)Nc3cccc(-c4cnc[nH]4)c3)cc2nc1C. The molecule has 2 N–H and O–H groups in total. The van der Waals surface area contributed by atoms with Gasteiger partial charge in [-0.25, -0.2) is 15.0 Å². The third kappa shape index (κ3) is 3.04. The molecule has 0 aliphatic rings. The van der Waals surface area contributed by atoms with Crippen LogP contribution in [0.5, 0.6) is 0 Å². The Balaban J connectivity index is 1.61. The number of rotatable bonds is 3. The van der Waals surface area contributed by atoms with Gasteiger partial charge in [0.05, 0.1) is 40.6 Å². The Morgan fingerprint density at radius 1 is 1.00 bits per heavy atom.